The summed E-state index contributed by atoms with van der Waals surface area (Å²) < 4.78 is 3.94. The summed E-state index contributed by atoms with van der Waals surface area (Å²) >= 11 is 1.45. The number of rotatable bonds is 3. The van der Waals surface area contributed by atoms with Crippen molar-refractivity contribution in [3.8, 4) is 0 Å². The first-order chi connectivity index (χ1) is 6.92. The van der Waals surface area contributed by atoms with Gasteiger partial charge in [-0.15, -0.1) is 5.10 Å². The molecule has 0 spiro atoms. The number of hydrogen-bond acceptors (Lipinski definition) is 4. The van der Waals surface area contributed by atoms with Gasteiger partial charge in [0.15, 0.2) is 0 Å². The molecule has 1 unspecified atom stereocenters. The van der Waals surface area contributed by atoms with E-state index >= 15 is 0 Å². The molecule has 1 atom stereocenters. The topological polar surface area (TPSA) is 37.8 Å². The normalized spacial score (nSPS) is 20.9. The second kappa shape index (κ2) is 4.84. The van der Waals surface area contributed by atoms with E-state index in [-0.39, 0.29) is 0 Å². The number of nitrogens with zero attached hydrogens (tertiary/aromatic N) is 2. The molecule has 1 heterocycles. The van der Waals surface area contributed by atoms with Gasteiger partial charge in [-0.05, 0) is 37.3 Å². The van der Waals surface area contributed by atoms with Crippen LogP contribution in [-0.2, 0) is 0 Å². The highest BCUT2D eigenvalue weighted by molar-refractivity contribution is 7.03. The van der Waals surface area contributed by atoms with E-state index in [2.05, 4.69) is 20.3 Å². The Hall–Kier alpha value is -0.480. The van der Waals surface area contributed by atoms with E-state index in [0.29, 0.717) is 6.04 Å². The third-order valence-electron chi connectivity index (χ3n) is 3.13. The van der Waals surface area contributed by atoms with Crippen molar-refractivity contribution in [2.24, 2.45) is 5.92 Å². The van der Waals surface area contributed by atoms with Gasteiger partial charge >= 0.3 is 0 Å². The van der Waals surface area contributed by atoms with Gasteiger partial charge in [0.2, 0.25) is 0 Å². The zero-order chi connectivity index (χ0) is 9.80. The molecule has 0 radical (unpaired) electrons. The molecule has 1 aliphatic carbocycles. The van der Waals surface area contributed by atoms with Crippen molar-refractivity contribution in [2.45, 2.75) is 38.1 Å². The standard InChI is InChI=1S/C10H17N3S/c1-11-10(9-7-14-13-12-9)8-5-3-2-4-6-8/h7-8,10-11H,2-6H2,1H3. The quantitative estimate of drug-likeness (QED) is 0.834. The fourth-order valence-corrected chi connectivity index (χ4v) is 2.89. The van der Waals surface area contributed by atoms with Crippen LogP contribution in [0.1, 0.15) is 43.8 Å². The second-order valence-corrected chi connectivity index (χ2v) is 4.60. The Morgan fingerprint density at radius 3 is 2.79 bits per heavy atom. The van der Waals surface area contributed by atoms with Crippen LogP contribution in [0, 0.1) is 5.92 Å². The highest BCUT2D eigenvalue weighted by Crippen LogP contribution is 2.33. The highest BCUT2D eigenvalue weighted by atomic mass is 32.1. The Labute approximate surface area is 89.1 Å². The Balaban J connectivity index is 2.04. The molecule has 14 heavy (non-hydrogen) atoms. The predicted molar refractivity (Wildman–Crippen MR) is 58.3 cm³/mol. The minimum Gasteiger partial charge on any atom is -0.311 e. The third-order valence-corrected chi connectivity index (χ3v) is 3.65. The van der Waals surface area contributed by atoms with E-state index in [0.717, 1.165) is 11.6 Å². The lowest BCUT2D eigenvalue weighted by atomic mass is 9.83. The van der Waals surface area contributed by atoms with Crippen molar-refractivity contribution in [2.75, 3.05) is 7.05 Å². The average molecular weight is 211 g/mol. The molecule has 0 amide bonds. The molecule has 1 aliphatic rings. The van der Waals surface area contributed by atoms with Crippen molar-refractivity contribution in [1.82, 2.24) is 14.9 Å². The van der Waals surface area contributed by atoms with Gasteiger partial charge in [0.05, 0.1) is 11.7 Å². The number of nitrogens with one attached hydrogen (secondary N) is 1. The molecule has 2 rings (SSSR count). The van der Waals surface area contributed by atoms with Gasteiger partial charge < -0.3 is 5.32 Å². The summed E-state index contributed by atoms with van der Waals surface area (Å²) in [6.07, 6.45) is 6.83. The van der Waals surface area contributed by atoms with Gasteiger partial charge in [-0.3, -0.25) is 0 Å². The van der Waals surface area contributed by atoms with Crippen LogP contribution in [0.5, 0.6) is 0 Å². The Morgan fingerprint density at radius 1 is 1.43 bits per heavy atom. The third kappa shape index (κ3) is 2.12. The molecule has 4 heteroatoms. The molecule has 1 aromatic rings. The first-order valence-corrected chi connectivity index (χ1v) is 6.19. The monoisotopic (exact) mass is 211 g/mol. The minimum atomic E-state index is 0.425. The van der Waals surface area contributed by atoms with Crippen LogP contribution in [0.3, 0.4) is 0 Å². The average Bonchev–Trinajstić information content (AvgIpc) is 2.74. The van der Waals surface area contributed by atoms with Gasteiger partial charge in [0.25, 0.3) is 0 Å². The van der Waals surface area contributed by atoms with Crippen LogP contribution in [0.15, 0.2) is 5.38 Å². The molecule has 78 valence electrons. The predicted octanol–water partition coefficient (Wildman–Crippen LogP) is 2.38. The van der Waals surface area contributed by atoms with Crippen LogP contribution >= 0.6 is 11.5 Å². The molecular formula is C10H17N3S. The fourth-order valence-electron chi connectivity index (χ4n) is 2.40. The molecule has 1 N–H and O–H groups in total. The van der Waals surface area contributed by atoms with E-state index < -0.39 is 0 Å². The first-order valence-electron chi connectivity index (χ1n) is 5.36. The largest absolute Gasteiger partial charge is 0.311 e. The van der Waals surface area contributed by atoms with Gasteiger partial charge in [-0.2, -0.15) is 0 Å². The molecule has 0 aliphatic heterocycles. The smallest absolute Gasteiger partial charge is 0.0927 e. The first kappa shape index (κ1) is 10.1. The lowest BCUT2D eigenvalue weighted by molar-refractivity contribution is 0.278. The summed E-state index contributed by atoms with van der Waals surface area (Å²) in [4.78, 5) is 0. The van der Waals surface area contributed by atoms with E-state index in [1.807, 2.05) is 7.05 Å². The highest BCUT2D eigenvalue weighted by Gasteiger charge is 2.25. The van der Waals surface area contributed by atoms with Gasteiger partial charge in [-0.25, -0.2) is 0 Å². The fraction of sp³-hybridized carbons (Fsp3) is 0.800. The molecule has 0 saturated heterocycles. The van der Waals surface area contributed by atoms with Crippen LogP contribution in [-0.4, -0.2) is 16.6 Å². The maximum Gasteiger partial charge on any atom is 0.0927 e. The van der Waals surface area contributed by atoms with Crippen LogP contribution in [0.4, 0.5) is 0 Å². The second-order valence-electron chi connectivity index (χ2n) is 3.99. The lowest BCUT2D eigenvalue weighted by Crippen LogP contribution is -2.27. The van der Waals surface area contributed by atoms with Crippen molar-refractivity contribution >= 4 is 11.5 Å². The SMILES string of the molecule is CNC(c1csnn1)C1CCCCC1. The summed E-state index contributed by atoms with van der Waals surface area (Å²) in [6, 6.07) is 0.425. The maximum absolute atomic E-state index is 4.17. The van der Waals surface area contributed by atoms with Crippen molar-refractivity contribution < 1.29 is 0 Å². The molecule has 1 fully saturated rings. The van der Waals surface area contributed by atoms with Crippen molar-refractivity contribution in [3.63, 3.8) is 0 Å². The Morgan fingerprint density at radius 2 is 2.21 bits per heavy atom. The van der Waals surface area contributed by atoms with Gasteiger partial charge in [0.1, 0.15) is 0 Å². The van der Waals surface area contributed by atoms with Crippen LogP contribution in [0.25, 0.3) is 0 Å². The number of hydrogen-bond donors (Lipinski definition) is 1. The summed E-state index contributed by atoms with van der Waals surface area (Å²) in [5.41, 5.74) is 1.13. The Bertz CT molecular complexity index is 254. The summed E-state index contributed by atoms with van der Waals surface area (Å²) in [7, 11) is 2.03. The van der Waals surface area contributed by atoms with Crippen LogP contribution < -0.4 is 5.32 Å². The zero-order valence-electron chi connectivity index (χ0n) is 8.57. The molecule has 3 nitrogen and oxygen atoms in total. The molecular weight excluding hydrogens is 194 g/mol. The van der Waals surface area contributed by atoms with Gasteiger partial charge in [-0.1, -0.05) is 23.8 Å². The Kier molecular flexibility index (Phi) is 3.48. The molecule has 0 aromatic carbocycles. The van der Waals surface area contributed by atoms with Crippen molar-refractivity contribution in [1.29, 1.82) is 0 Å². The summed E-state index contributed by atoms with van der Waals surface area (Å²) in [5.74, 6) is 0.762. The van der Waals surface area contributed by atoms with E-state index in [1.54, 1.807) is 0 Å². The zero-order valence-corrected chi connectivity index (χ0v) is 9.39. The van der Waals surface area contributed by atoms with E-state index in [4.69, 9.17) is 0 Å². The molecule has 1 aromatic heterocycles. The molecule has 1 saturated carbocycles. The maximum atomic E-state index is 4.17. The number of aromatic nitrogens is 2. The summed E-state index contributed by atoms with van der Waals surface area (Å²) in [6.45, 7) is 0. The van der Waals surface area contributed by atoms with E-state index in [1.165, 1.54) is 43.6 Å². The van der Waals surface area contributed by atoms with Crippen LogP contribution in [0.2, 0.25) is 0 Å². The minimum absolute atomic E-state index is 0.425. The van der Waals surface area contributed by atoms with E-state index in [9.17, 15) is 0 Å². The molecule has 0 bridgehead atoms. The summed E-state index contributed by atoms with van der Waals surface area (Å²) in [5, 5.41) is 9.61. The van der Waals surface area contributed by atoms with Gasteiger partial charge in [0, 0.05) is 5.38 Å². The van der Waals surface area contributed by atoms with Crippen molar-refractivity contribution in [3.05, 3.63) is 11.1 Å². The lowest BCUT2D eigenvalue weighted by Gasteiger charge is -2.28.